The summed E-state index contributed by atoms with van der Waals surface area (Å²) < 4.78 is 24.7. The normalized spacial score (nSPS) is 13.1. The number of nitrogens with zero attached hydrogens (tertiary/aromatic N) is 1. The third-order valence-corrected chi connectivity index (χ3v) is 5.45. The van der Waals surface area contributed by atoms with E-state index in [0.29, 0.717) is 4.47 Å². The lowest BCUT2D eigenvalue weighted by Crippen LogP contribution is -2.20. The Morgan fingerprint density at radius 2 is 2.19 bits per heavy atom. The number of nitriles is 1. The lowest BCUT2D eigenvalue weighted by molar-refractivity contribution is 0.587. The van der Waals surface area contributed by atoms with Crippen LogP contribution in [-0.2, 0) is 9.84 Å². The average molecular weight is 323 g/mol. The van der Waals surface area contributed by atoms with Gasteiger partial charge in [0.1, 0.15) is 6.07 Å². The van der Waals surface area contributed by atoms with Crippen molar-refractivity contribution < 1.29 is 8.42 Å². The van der Waals surface area contributed by atoms with Crippen LogP contribution < -0.4 is 0 Å². The Kier molecular flexibility index (Phi) is 4.36. The van der Waals surface area contributed by atoms with Gasteiger partial charge in [0.25, 0.3) is 0 Å². The van der Waals surface area contributed by atoms with Gasteiger partial charge in [-0.25, -0.2) is 8.42 Å². The molecule has 86 valence electrons. The molecular formula is C10H9BrClNO2S. The number of halogens is 2. The fourth-order valence-electron chi connectivity index (χ4n) is 1.14. The van der Waals surface area contributed by atoms with E-state index in [1.807, 2.05) is 6.07 Å². The Morgan fingerprint density at radius 1 is 1.56 bits per heavy atom. The summed E-state index contributed by atoms with van der Waals surface area (Å²) in [6.45, 7) is 1.52. The fourth-order valence-corrected chi connectivity index (χ4v) is 3.26. The molecule has 0 fully saturated rings. The number of alkyl halides is 1. The zero-order chi connectivity index (χ0) is 12.3. The van der Waals surface area contributed by atoms with Gasteiger partial charge in [0.2, 0.25) is 0 Å². The monoisotopic (exact) mass is 321 g/mol. The maximum Gasteiger partial charge on any atom is 0.183 e. The highest BCUT2D eigenvalue weighted by Crippen LogP contribution is 2.24. The second-order valence-corrected chi connectivity index (χ2v) is 6.82. The molecule has 0 amide bonds. The summed E-state index contributed by atoms with van der Waals surface area (Å²) in [4.78, 5) is 0.0337. The van der Waals surface area contributed by atoms with Crippen LogP contribution in [-0.4, -0.2) is 19.5 Å². The highest BCUT2D eigenvalue weighted by atomic mass is 79.9. The van der Waals surface area contributed by atoms with Crippen LogP contribution in [0.5, 0.6) is 0 Å². The van der Waals surface area contributed by atoms with Crippen molar-refractivity contribution in [2.75, 3.05) is 5.88 Å². The van der Waals surface area contributed by atoms with Gasteiger partial charge in [-0.3, -0.25) is 0 Å². The number of hydrogen-bond donors (Lipinski definition) is 0. The van der Waals surface area contributed by atoms with Gasteiger partial charge in [-0.2, -0.15) is 5.26 Å². The van der Waals surface area contributed by atoms with Gasteiger partial charge in [-0.15, -0.1) is 11.6 Å². The number of benzene rings is 1. The number of sulfone groups is 1. The summed E-state index contributed by atoms with van der Waals surface area (Å²) in [6.07, 6.45) is 0. The second kappa shape index (κ2) is 5.17. The van der Waals surface area contributed by atoms with Crippen LogP contribution in [0.15, 0.2) is 27.6 Å². The van der Waals surface area contributed by atoms with E-state index in [1.165, 1.54) is 19.1 Å². The molecule has 0 N–H and O–H groups in total. The van der Waals surface area contributed by atoms with Gasteiger partial charge in [-0.1, -0.05) is 15.9 Å². The van der Waals surface area contributed by atoms with Crippen LogP contribution in [0.1, 0.15) is 12.5 Å². The molecule has 0 aliphatic carbocycles. The van der Waals surface area contributed by atoms with Gasteiger partial charge in [0, 0.05) is 10.4 Å². The van der Waals surface area contributed by atoms with Gasteiger partial charge >= 0.3 is 0 Å². The van der Waals surface area contributed by atoms with Crippen molar-refractivity contribution in [2.24, 2.45) is 0 Å². The molecule has 1 aromatic rings. The maximum atomic E-state index is 12.0. The average Bonchev–Trinajstić information content (AvgIpc) is 2.27. The first-order valence-electron chi connectivity index (χ1n) is 4.43. The SMILES string of the molecule is CC(CCl)S(=O)(=O)c1ccc(Br)cc1C#N. The highest BCUT2D eigenvalue weighted by molar-refractivity contribution is 9.10. The maximum absolute atomic E-state index is 12.0. The van der Waals surface area contributed by atoms with Crippen molar-refractivity contribution in [3.05, 3.63) is 28.2 Å². The minimum absolute atomic E-state index is 0.00324. The molecule has 3 nitrogen and oxygen atoms in total. The molecule has 6 heteroatoms. The van der Waals surface area contributed by atoms with Crippen LogP contribution in [0, 0.1) is 11.3 Å². The highest BCUT2D eigenvalue weighted by Gasteiger charge is 2.25. The van der Waals surface area contributed by atoms with Crippen molar-refractivity contribution in [3.63, 3.8) is 0 Å². The molecule has 0 saturated carbocycles. The van der Waals surface area contributed by atoms with E-state index >= 15 is 0 Å². The Labute approximate surface area is 108 Å². The fraction of sp³-hybridized carbons (Fsp3) is 0.300. The predicted molar refractivity (Wildman–Crippen MR) is 66.2 cm³/mol. The summed E-state index contributed by atoms with van der Waals surface area (Å²) in [5, 5.41) is 8.19. The Balaban J connectivity index is 3.41. The molecule has 1 rings (SSSR count). The largest absolute Gasteiger partial charge is 0.223 e. The molecule has 0 heterocycles. The van der Waals surface area contributed by atoms with Crippen LogP contribution in [0.2, 0.25) is 0 Å². The molecule has 16 heavy (non-hydrogen) atoms. The van der Waals surface area contributed by atoms with E-state index in [4.69, 9.17) is 16.9 Å². The quantitative estimate of drug-likeness (QED) is 0.804. The second-order valence-electron chi connectivity index (χ2n) is 3.26. The Bertz CT molecular complexity index is 536. The first-order chi connectivity index (χ1) is 7.43. The zero-order valence-corrected chi connectivity index (χ0v) is 11.6. The summed E-state index contributed by atoms with van der Waals surface area (Å²) >= 11 is 8.73. The molecule has 0 spiro atoms. The van der Waals surface area contributed by atoms with Crippen LogP contribution >= 0.6 is 27.5 Å². The number of rotatable bonds is 3. The van der Waals surface area contributed by atoms with Crippen molar-refractivity contribution in [2.45, 2.75) is 17.1 Å². The number of hydrogen-bond acceptors (Lipinski definition) is 3. The molecule has 1 unspecified atom stereocenters. The Morgan fingerprint density at radius 3 is 2.69 bits per heavy atom. The van der Waals surface area contributed by atoms with Crippen molar-refractivity contribution in [3.8, 4) is 6.07 Å². The van der Waals surface area contributed by atoms with Crippen LogP contribution in [0.4, 0.5) is 0 Å². The van der Waals surface area contributed by atoms with Crippen molar-refractivity contribution in [1.82, 2.24) is 0 Å². The summed E-state index contributed by atoms with van der Waals surface area (Å²) in [7, 11) is -3.52. The van der Waals surface area contributed by atoms with Gasteiger partial charge in [-0.05, 0) is 25.1 Å². The van der Waals surface area contributed by atoms with Gasteiger partial charge < -0.3 is 0 Å². The summed E-state index contributed by atoms with van der Waals surface area (Å²) in [6, 6.07) is 6.36. The van der Waals surface area contributed by atoms with E-state index in [2.05, 4.69) is 15.9 Å². The standard InChI is InChI=1S/C10H9BrClNO2S/c1-7(5-12)16(14,15)10-3-2-9(11)4-8(10)6-13/h2-4,7H,5H2,1H3. The molecule has 0 bridgehead atoms. The molecule has 0 aliphatic rings. The minimum atomic E-state index is -3.52. The van der Waals surface area contributed by atoms with Crippen LogP contribution in [0.25, 0.3) is 0 Å². The van der Waals surface area contributed by atoms with E-state index in [0.717, 1.165) is 0 Å². The first-order valence-corrected chi connectivity index (χ1v) is 7.30. The van der Waals surface area contributed by atoms with E-state index in [1.54, 1.807) is 6.07 Å². The third kappa shape index (κ3) is 2.57. The molecule has 1 atom stereocenters. The zero-order valence-electron chi connectivity index (χ0n) is 8.44. The van der Waals surface area contributed by atoms with Crippen molar-refractivity contribution in [1.29, 1.82) is 5.26 Å². The molecule has 0 saturated heterocycles. The lowest BCUT2D eigenvalue weighted by Gasteiger charge is -2.11. The molecule has 1 aromatic carbocycles. The third-order valence-electron chi connectivity index (χ3n) is 2.12. The Hall–Kier alpha value is -0.570. The first kappa shape index (κ1) is 13.5. The van der Waals surface area contributed by atoms with Crippen LogP contribution in [0.3, 0.4) is 0 Å². The smallest absolute Gasteiger partial charge is 0.183 e. The molecular weight excluding hydrogens is 314 g/mol. The molecule has 0 aromatic heterocycles. The van der Waals surface area contributed by atoms with E-state index in [9.17, 15) is 8.42 Å². The van der Waals surface area contributed by atoms with Crippen molar-refractivity contribution >= 4 is 37.4 Å². The predicted octanol–water partition coefficient (Wildman–Crippen LogP) is 2.72. The van der Waals surface area contributed by atoms with E-state index < -0.39 is 15.1 Å². The molecule has 0 aliphatic heterocycles. The van der Waals surface area contributed by atoms with E-state index in [-0.39, 0.29) is 16.3 Å². The topological polar surface area (TPSA) is 57.9 Å². The van der Waals surface area contributed by atoms with Gasteiger partial charge in [0.05, 0.1) is 15.7 Å². The summed E-state index contributed by atoms with van der Waals surface area (Å²) in [5.74, 6) is 0.00324. The minimum Gasteiger partial charge on any atom is -0.223 e. The molecule has 0 radical (unpaired) electrons. The van der Waals surface area contributed by atoms with Gasteiger partial charge in [0.15, 0.2) is 9.84 Å². The summed E-state index contributed by atoms with van der Waals surface area (Å²) in [5.41, 5.74) is 0.131. The lowest BCUT2D eigenvalue weighted by atomic mass is 10.2.